The monoisotopic (exact) mass is 284 g/mol. The third kappa shape index (κ3) is 4.18. The van der Waals surface area contributed by atoms with Gasteiger partial charge in [0.25, 0.3) is 0 Å². The third-order valence-electron chi connectivity index (χ3n) is 3.09. The van der Waals surface area contributed by atoms with Crippen LogP contribution in [0.5, 0.6) is 0 Å². The number of halogens is 1. The predicted octanol–water partition coefficient (Wildman–Crippen LogP) is 3.62. The zero-order chi connectivity index (χ0) is 15.2. The van der Waals surface area contributed by atoms with Crippen LogP contribution in [0.2, 0.25) is 0 Å². The first kappa shape index (κ1) is 14.8. The maximum absolute atomic E-state index is 12.8. The summed E-state index contributed by atoms with van der Waals surface area (Å²) in [4.78, 5) is 11.8. The summed E-state index contributed by atoms with van der Waals surface area (Å²) in [5.41, 5.74) is 9.01. The highest BCUT2D eigenvalue weighted by atomic mass is 19.1. The van der Waals surface area contributed by atoms with Crippen molar-refractivity contribution in [1.82, 2.24) is 0 Å². The predicted molar refractivity (Wildman–Crippen MR) is 84.3 cm³/mol. The largest absolute Gasteiger partial charge is 0.398 e. The number of nitrogens with one attached hydrogen (secondary N) is 1. The molecule has 0 aliphatic heterocycles. The molecule has 0 bridgehead atoms. The van der Waals surface area contributed by atoms with E-state index in [2.05, 4.69) is 5.32 Å². The van der Waals surface area contributed by atoms with Crippen LogP contribution in [-0.2, 0) is 11.2 Å². The van der Waals surface area contributed by atoms with Crippen molar-refractivity contribution in [2.24, 2.45) is 0 Å². The highest BCUT2D eigenvalue weighted by Crippen LogP contribution is 2.18. The van der Waals surface area contributed by atoms with Gasteiger partial charge >= 0.3 is 0 Å². The van der Waals surface area contributed by atoms with Gasteiger partial charge in [-0.15, -0.1) is 0 Å². The van der Waals surface area contributed by atoms with Gasteiger partial charge in [-0.3, -0.25) is 4.79 Å². The Morgan fingerprint density at radius 3 is 2.57 bits per heavy atom. The lowest BCUT2D eigenvalue weighted by atomic mass is 10.1. The Balaban J connectivity index is 2.01. The Kier molecular flexibility index (Phi) is 4.72. The summed E-state index contributed by atoms with van der Waals surface area (Å²) in [6.07, 6.45) is 3.88. The van der Waals surface area contributed by atoms with Gasteiger partial charge in [0.1, 0.15) is 5.82 Å². The highest BCUT2D eigenvalue weighted by Gasteiger charge is 2.01. The first-order valence-electron chi connectivity index (χ1n) is 6.71. The molecule has 0 saturated carbocycles. The van der Waals surface area contributed by atoms with Crippen molar-refractivity contribution in [3.63, 3.8) is 0 Å². The summed E-state index contributed by atoms with van der Waals surface area (Å²) < 4.78 is 12.8. The first-order valence-corrected chi connectivity index (χ1v) is 6.71. The average Bonchev–Trinajstić information content (AvgIpc) is 2.47. The summed E-state index contributed by atoms with van der Waals surface area (Å²) in [5, 5.41) is 2.74. The van der Waals surface area contributed by atoms with Gasteiger partial charge in [0, 0.05) is 17.5 Å². The van der Waals surface area contributed by atoms with Gasteiger partial charge in [0.15, 0.2) is 0 Å². The SMILES string of the molecule is CCc1ccc(NC(=O)/C=C/c2ccc(F)cc2)cc1N. The summed E-state index contributed by atoms with van der Waals surface area (Å²) in [6, 6.07) is 11.4. The summed E-state index contributed by atoms with van der Waals surface area (Å²) >= 11 is 0. The van der Waals surface area contributed by atoms with E-state index in [1.165, 1.54) is 18.2 Å². The zero-order valence-corrected chi connectivity index (χ0v) is 11.8. The molecule has 2 aromatic carbocycles. The maximum atomic E-state index is 12.8. The van der Waals surface area contributed by atoms with Crippen molar-refractivity contribution in [1.29, 1.82) is 0 Å². The summed E-state index contributed by atoms with van der Waals surface area (Å²) in [7, 11) is 0. The fourth-order valence-corrected chi connectivity index (χ4v) is 1.92. The molecular formula is C17H17FN2O. The number of anilines is 2. The molecule has 2 rings (SSSR count). The number of amides is 1. The molecule has 3 N–H and O–H groups in total. The standard InChI is InChI=1S/C17H17FN2O/c1-2-13-6-9-15(11-16(13)19)20-17(21)10-5-12-3-7-14(18)8-4-12/h3-11H,2,19H2,1H3,(H,20,21)/b10-5+. The molecule has 0 radical (unpaired) electrons. The first-order chi connectivity index (χ1) is 10.1. The lowest BCUT2D eigenvalue weighted by Crippen LogP contribution is -2.08. The van der Waals surface area contributed by atoms with E-state index in [-0.39, 0.29) is 11.7 Å². The van der Waals surface area contributed by atoms with E-state index in [1.54, 1.807) is 24.3 Å². The van der Waals surface area contributed by atoms with Crippen LogP contribution in [0.15, 0.2) is 48.5 Å². The lowest BCUT2D eigenvalue weighted by Gasteiger charge is -2.07. The van der Waals surface area contributed by atoms with Crippen molar-refractivity contribution >= 4 is 23.4 Å². The Bertz CT molecular complexity index is 663. The number of hydrogen-bond donors (Lipinski definition) is 2. The quantitative estimate of drug-likeness (QED) is 0.665. The van der Waals surface area contributed by atoms with Crippen molar-refractivity contribution in [2.75, 3.05) is 11.1 Å². The molecule has 3 nitrogen and oxygen atoms in total. The minimum atomic E-state index is -0.303. The molecule has 0 spiro atoms. The van der Waals surface area contributed by atoms with E-state index in [0.29, 0.717) is 11.4 Å². The van der Waals surface area contributed by atoms with E-state index in [9.17, 15) is 9.18 Å². The highest BCUT2D eigenvalue weighted by molar-refractivity contribution is 6.02. The second-order valence-corrected chi connectivity index (χ2v) is 4.64. The molecule has 1 amide bonds. The molecule has 0 aliphatic rings. The average molecular weight is 284 g/mol. The minimum Gasteiger partial charge on any atom is -0.398 e. The van der Waals surface area contributed by atoms with E-state index < -0.39 is 0 Å². The van der Waals surface area contributed by atoms with Gasteiger partial charge in [-0.05, 0) is 47.9 Å². The number of nitrogens with two attached hydrogens (primary N) is 1. The number of aryl methyl sites for hydroxylation is 1. The molecule has 108 valence electrons. The molecule has 0 fully saturated rings. The van der Waals surface area contributed by atoms with Crippen LogP contribution in [0.3, 0.4) is 0 Å². The van der Waals surface area contributed by atoms with Gasteiger partial charge in [0.05, 0.1) is 0 Å². The van der Waals surface area contributed by atoms with Crippen LogP contribution in [0.1, 0.15) is 18.1 Å². The molecule has 0 saturated heterocycles. The fraction of sp³-hybridized carbons (Fsp3) is 0.118. The second-order valence-electron chi connectivity index (χ2n) is 4.64. The van der Waals surface area contributed by atoms with Gasteiger partial charge in [-0.25, -0.2) is 4.39 Å². The van der Waals surface area contributed by atoms with Crippen LogP contribution in [0.4, 0.5) is 15.8 Å². The van der Waals surface area contributed by atoms with Crippen LogP contribution in [0, 0.1) is 5.82 Å². The number of carbonyl (C=O) groups is 1. The minimum absolute atomic E-state index is 0.261. The Hall–Kier alpha value is -2.62. The summed E-state index contributed by atoms with van der Waals surface area (Å²) in [5.74, 6) is -0.564. The molecular weight excluding hydrogens is 267 g/mol. The number of benzene rings is 2. The molecule has 0 aliphatic carbocycles. The molecule has 0 atom stereocenters. The molecule has 0 aromatic heterocycles. The topological polar surface area (TPSA) is 55.1 Å². The lowest BCUT2D eigenvalue weighted by molar-refractivity contribution is -0.111. The Morgan fingerprint density at radius 2 is 1.95 bits per heavy atom. The zero-order valence-electron chi connectivity index (χ0n) is 11.8. The van der Waals surface area contributed by atoms with Gasteiger partial charge in [0.2, 0.25) is 5.91 Å². The summed E-state index contributed by atoms with van der Waals surface area (Å²) in [6.45, 7) is 2.02. The van der Waals surface area contributed by atoms with E-state index in [0.717, 1.165) is 17.5 Å². The number of hydrogen-bond acceptors (Lipinski definition) is 2. The van der Waals surface area contributed by atoms with Crippen molar-refractivity contribution < 1.29 is 9.18 Å². The second kappa shape index (κ2) is 6.70. The normalized spacial score (nSPS) is 10.8. The van der Waals surface area contributed by atoms with Crippen LogP contribution < -0.4 is 11.1 Å². The molecule has 21 heavy (non-hydrogen) atoms. The molecule has 0 unspecified atom stereocenters. The molecule has 0 heterocycles. The third-order valence-corrected chi connectivity index (χ3v) is 3.09. The number of nitrogen functional groups attached to an aromatic ring is 1. The number of carbonyl (C=O) groups excluding carboxylic acids is 1. The van der Waals surface area contributed by atoms with Gasteiger partial charge < -0.3 is 11.1 Å². The molecule has 2 aromatic rings. The van der Waals surface area contributed by atoms with Gasteiger partial charge in [-0.1, -0.05) is 25.1 Å². The smallest absolute Gasteiger partial charge is 0.248 e. The molecule has 4 heteroatoms. The van der Waals surface area contributed by atoms with Crippen molar-refractivity contribution in [3.8, 4) is 0 Å². The van der Waals surface area contributed by atoms with Crippen LogP contribution in [0.25, 0.3) is 6.08 Å². The van der Waals surface area contributed by atoms with Gasteiger partial charge in [-0.2, -0.15) is 0 Å². The van der Waals surface area contributed by atoms with Crippen LogP contribution in [-0.4, -0.2) is 5.91 Å². The van der Waals surface area contributed by atoms with Crippen molar-refractivity contribution in [2.45, 2.75) is 13.3 Å². The Labute approximate surface area is 123 Å². The van der Waals surface area contributed by atoms with E-state index >= 15 is 0 Å². The van der Waals surface area contributed by atoms with E-state index in [4.69, 9.17) is 5.73 Å². The fourth-order valence-electron chi connectivity index (χ4n) is 1.92. The van der Waals surface area contributed by atoms with E-state index in [1.807, 2.05) is 19.1 Å². The number of rotatable bonds is 4. The van der Waals surface area contributed by atoms with Crippen molar-refractivity contribution in [3.05, 3.63) is 65.5 Å². The maximum Gasteiger partial charge on any atom is 0.248 e. The Morgan fingerprint density at radius 1 is 1.24 bits per heavy atom. The van der Waals surface area contributed by atoms with Crippen LogP contribution >= 0.6 is 0 Å².